The van der Waals surface area contributed by atoms with Gasteiger partial charge in [0.2, 0.25) is 0 Å². The Kier molecular flexibility index (Phi) is 7.25. The molecule has 1 unspecified atom stereocenters. The maximum atomic E-state index is 9.73. The average Bonchev–Trinajstić information content (AvgIpc) is 2.41. The zero-order valence-electron chi connectivity index (χ0n) is 11.8. The van der Waals surface area contributed by atoms with Crippen LogP contribution in [0.3, 0.4) is 0 Å². The lowest BCUT2D eigenvalue weighted by Crippen LogP contribution is -2.25. The summed E-state index contributed by atoms with van der Waals surface area (Å²) in [7, 11) is 3.27. The van der Waals surface area contributed by atoms with Crippen LogP contribution in [0.4, 0.5) is 5.69 Å². The Hall–Kier alpha value is -1.30. The van der Waals surface area contributed by atoms with E-state index in [1.807, 2.05) is 25.1 Å². The molecular formula is C14H23NO4. The van der Waals surface area contributed by atoms with Gasteiger partial charge in [0.25, 0.3) is 0 Å². The van der Waals surface area contributed by atoms with Gasteiger partial charge in [0, 0.05) is 19.3 Å². The predicted molar refractivity (Wildman–Crippen MR) is 74.9 cm³/mol. The summed E-state index contributed by atoms with van der Waals surface area (Å²) in [6.07, 6.45) is -0.542. The topological polar surface area (TPSA) is 60.0 Å². The van der Waals surface area contributed by atoms with Gasteiger partial charge < -0.3 is 24.6 Å². The van der Waals surface area contributed by atoms with Crippen molar-refractivity contribution in [1.82, 2.24) is 0 Å². The van der Waals surface area contributed by atoms with E-state index in [1.165, 1.54) is 0 Å². The zero-order chi connectivity index (χ0) is 14.1. The van der Waals surface area contributed by atoms with Crippen LogP contribution in [-0.4, -0.2) is 51.8 Å². The van der Waals surface area contributed by atoms with Crippen LogP contribution in [0.1, 0.15) is 5.56 Å². The van der Waals surface area contributed by atoms with Gasteiger partial charge in [-0.3, -0.25) is 0 Å². The monoisotopic (exact) mass is 269 g/mol. The molecular weight excluding hydrogens is 246 g/mol. The number of nitrogens with one attached hydrogen (secondary N) is 1. The first kappa shape index (κ1) is 15.8. The fourth-order valence-electron chi connectivity index (χ4n) is 1.64. The number of aliphatic hydroxyl groups excluding tert-OH is 1. The second-order valence-corrected chi connectivity index (χ2v) is 4.29. The summed E-state index contributed by atoms with van der Waals surface area (Å²) in [4.78, 5) is 0. The lowest BCUT2D eigenvalue weighted by molar-refractivity contribution is 0.0182. The maximum absolute atomic E-state index is 9.73. The molecule has 0 saturated carbocycles. The molecule has 0 aromatic heterocycles. The smallest absolute Gasteiger partial charge is 0.121 e. The first-order valence-electron chi connectivity index (χ1n) is 6.30. The molecule has 1 aromatic rings. The summed E-state index contributed by atoms with van der Waals surface area (Å²) in [5, 5.41) is 12.9. The maximum Gasteiger partial charge on any atom is 0.121 e. The van der Waals surface area contributed by atoms with Crippen LogP contribution in [-0.2, 0) is 9.47 Å². The minimum absolute atomic E-state index is 0.297. The van der Waals surface area contributed by atoms with Crippen LogP contribution < -0.4 is 10.1 Å². The van der Waals surface area contributed by atoms with Crippen molar-refractivity contribution in [3.05, 3.63) is 23.8 Å². The van der Waals surface area contributed by atoms with Gasteiger partial charge in [-0.25, -0.2) is 0 Å². The number of anilines is 1. The van der Waals surface area contributed by atoms with Gasteiger partial charge in [-0.2, -0.15) is 0 Å². The van der Waals surface area contributed by atoms with Gasteiger partial charge in [-0.15, -0.1) is 0 Å². The average molecular weight is 269 g/mol. The number of benzene rings is 1. The largest absolute Gasteiger partial charge is 0.496 e. The quantitative estimate of drug-likeness (QED) is 0.664. The van der Waals surface area contributed by atoms with Crippen molar-refractivity contribution in [2.45, 2.75) is 13.0 Å². The van der Waals surface area contributed by atoms with Crippen molar-refractivity contribution in [2.75, 3.05) is 45.9 Å². The van der Waals surface area contributed by atoms with Crippen LogP contribution in [0, 0.1) is 6.92 Å². The van der Waals surface area contributed by atoms with Gasteiger partial charge in [0.05, 0.1) is 33.0 Å². The summed E-state index contributed by atoms with van der Waals surface area (Å²) < 4.78 is 15.3. The number of aryl methyl sites for hydroxylation is 1. The number of aliphatic hydroxyl groups is 1. The predicted octanol–water partition coefficient (Wildman–Crippen LogP) is 1.44. The first-order valence-corrected chi connectivity index (χ1v) is 6.30. The molecule has 0 radical (unpaired) electrons. The third-order valence-corrected chi connectivity index (χ3v) is 2.68. The Balaban J connectivity index is 2.29. The van der Waals surface area contributed by atoms with Gasteiger partial charge in [-0.1, -0.05) is 0 Å². The summed E-state index contributed by atoms with van der Waals surface area (Å²) in [5.74, 6) is 0.856. The van der Waals surface area contributed by atoms with E-state index < -0.39 is 6.10 Å². The minimum Gasteiger partial charge on any atom is -0.496 e. The molecule has 0 aliphatic rings. The van der Waals surface area contributed by atoms with Crippen LogP contribution in [0.5, 0.6) is 5.75 Å². The number of rotatable bonds is 9. The number of hydrogen-bond donors (Lipinski definition) is 2. The van der Waals surface area contributed by atoms with E-state index in [2.05, 4.69) is 5.32 Å². The molecule has 0 aliphatic carbocycles. The summed E-state index contributed by atoms with van der Waals surface area (Å²) in [6, 6.07) is 5.81. The van der Waals surface area contributed by atoms with Gasteiger partial charge in [-0.05, 0) is 30.7 Å². The molecule has 0 amide bonds. The zero-order valence-corrected chi connectivity index (χ0v) is 11.8. The van der Waals surface area contributed by atoms with Crippen LogP contribution in [0.15, 0.2) is 18.2 Å². The fraction of sp³-hybridized carbons (Fsp3) is 0.571. The van der Waals surface area contributed by atoms with Gasteiger partial charge in [0.15, 0.2) is 0 Å². The molecule has 108 valence electrons. The Morgan fingerprint density at radius 3 is 2.68 bits per heavy atom. The SMILES string of the molecule is COCCOCC(O)CNc1ccc(OC)c(C)c1. The molecule has 5 heteroatoms. The summed E-state index contributed by atoms with van der Waals surface area (Å²) in [6.45, 7) is 3.76. The van der Waals surface area contributed by atoms with Crippen molar-refractivity contribution in [3.63, 3.8) is 0 Å². The Morgan fingerprint density at radius 2 is 2.05 bits per heavy atom. The van der Waals surface area contributed by atoms with E-state index in [0.717, 1.165) is 17.0 Å². The van der Waals surface area contributed by atoms with Crippen molar-refractivity contribution in [1.29, 1.82) is 0 Å². The fourth-order valence-corrected chi connectivity index (χ4v) is 1.64. The summed E-state index contributed by atoms with van der Waals surface area (Å²) >= 11 is 0. The highest BCUT2D eigenvalue weighted by molar-refractivity contribution is 5.50. The molecule has 0 saturated heterocycles. The van der Waals surface area contributed by atoms with Crippen molar-refractivity contribution >= 4 is 5.69 Å². The number of ether oxygens (including phenoxy) is 3. The van der Waals surface area contributed by atoms with E-state index in [1.54, 1.807) is 14.2 Å². The lowest BCUT2D eigenvalue weighted by atomic mass is 10.2. The molecule has 2 N–H and O–H groups in total. The summed E-state index contributed by atoms with van der Waals surface area (Å²) in [5.41, 5.74) is 2.01. The minimum atomic E-state index is -0.542. The molecule has 0 spiro atoms. The van der Waals surface area contributed by atoms with Crippen molar-refractivity contribution in [3.8, 4) is 5.75 Å². The molecule has 5 nitrogen and oxygen atoms in total. The first-order chi connectivity index (χ1) is 9.17. The van der Waals surface area contributed by atoms with Crippen LogP contribution in [0.2, 0.25) is 0 Å². The normalized spacial score (nSPS) is 12.2. The lowest BCUT2D eigenvalue weighted by Gasteiger charge is -2.14. The van der Waals surface area contributed by atoms with E-state index in [9.17, 15) is 5.11 Å². The van der Waals surface area contributed by atoms with Crippen molar-refractivity contribution in [2.24, 2.45) is 0 Å². The third kappa shape index (κ3) is 5.92. The van der Waals surface area contributed by atoms with E-state index in [0.29, 0.717) is 26.4 Å². The molecule has 0 aliphatic heterocycles. The van der Waals surface area contributed by atoms with E-state index in [4.69, 9.17) is 14.2 Å². The second kappa shape index (κ2) is 8.74. The molecule has 1 rings (SSSR count). The van der Waals surface area contributed by atoms with Gasteiger partial charge in [0.1, 0.15) is 5.75 Å². The van der Waals surface area contributed by atoms with Gasteiger partial charge >= 0.3 is 0 Å². The molecule has 1 atom stereocenters. The second-order valence-electron chi connectivity index (χ2n) is 4.29. The highest BCUT2D eigenvalue weighted by atomic mass is 16.5. The van der Waals surface area contributed by atoms with E-state index in [-0.39, 0.29) is 0 Å². The Morgan fingerprint density at radius 1 is 1.26 bits per heavy atom. The van der Waals surface area contributed by atoms with E-state index >= 15 is 0 Å². The Labute approximate surface area is 114 Å². The van der Waals surface area contributed by atoms with Crippen molar-refractivity contribution < 1.29 is 19.3 Å². The number of hydrogen-bond acceptors (Lipinski definition) is 5. The molecule has 0 fully saturated rings. The highest BCUT2D eigenvalue weighted by Crippen LogP contribution is 2.21. The highest BCUT2D eigenvalue weighted by Gasteiger charge is 2.05. The molecule has 1 aromatic carbocycles. The molecule has 0 heterocycles. The van der Waals surface area contributed by atoms with Crippen LogP contribution >= 0.6 is 0 Å². The molecule has 19 heavy (non-hydrogen) atoms. The standard InChI is InChI=1S/C14H23NO4/c1-11-8-12(4-5-14(11)18-3)15-9-13(16)10-19-7-6-17-2/h4-5,8,13,15-16H,6-7,9-10H2,1-3H3. The molecule has 0 bridgehead atoms. The van der Waals surface area contributed by atoms with Crippen LogP contribution in [0.25, 0.3) is 0 Å². The number of methoxy groups -OCH3 is 2. The third-order valence-electron chi connectivity index (χ3n) is 2.68. The Bertz CT molecular complexity index is 370.